The number of fused-ring (bicyclic) bond motifs is 3. The van der Waals surface area contributed by atoms with Gasteiger partial charge >= 0.3 is 0 Å². The van der Waals surface area contributed by atoms with Gasteiger partial charge in [0, 0.05) is 186 Å². The van der Waals surface area contributed by atoms with Crippen molar-refractivity contribution in [3.05, 3.63) is 183 Å². The van der Waals surface area contributed by atoms with Gasteiger partial charge in [-0.25, -0.2) is 19.9 Å². The molecule has 3 unspecified atom stereocenters. The van der Waals surface area contributed by atoms with Gasteiger partial charge in [-0.05, 0) is 140 Å². The largest absolute Gasteiger partial charge is 0.350 e. The Labute approximate surface area is 571 Å². The van der Waals surface area contributed by atoms with Crippen LogP contribution in [0.15, 0.2) is 116 Å². The third-order valence-corrected chi connectivity index (χ3v) is 19.7. The van der Waals surface area contributed by atoms with Crippen molar-refractivity contribution in [2.45, 2.75) is 123 Å². The molecule has 0 saturated carbocycles. The van der Waals surface area contributed by atoms with Crippen LogP contribution in [-0.4, -0.2) is 206 Å². The molecule has 23 heteroatoms. The number of likely N-dealkylation sites (tertiary alicyclic amines) is 3. The second-order valence-electron chi connectivity index (χ2n) is 27.3. The normalized spacial score (nSPS) is 17.8. The number of nitrogens with zero attached hydrogens (tertiary/aromatic N) is 11. The number of benzene rings is 3. The third kappa shape index (κ3) is 21.5. The van der Waals surface area contributed by atoms with E-state index in [1.165, 1.54) is 46.0 Å². The average molecular weight is 1320 g/mol. The summed E-state index contributed by atoms with van der Waals surface area (Å²) < 4.78 is 0. The number of nitrogens with one attached hydrogen (secondary N) is 3. The summed E-state index contributed by atoms with van der Waals surface area (Å²) in [5, 5.41) is 8.83. The molecule has 0 aliphatic carbocycles. The smallest absolute Gasteiger partial charge is 0.270 e. The van der Waals surface area contributed by atoms with Crippen molar-refractivity contribution in [1.29, 1.82) is 0 Å². The second-order valence-corrected chi connectivity index (χ2v) is 27.3. The number of carbonyl (C=O) groups excluding carboxylic acids is 6. The van der Waals surface area contributed by atoms with Gasteiger partial charge in [0.05, 0.1) is 0 Å². The molecule has 6 amide bonds. The highest BCUT2D eigenvalue weighted by Gasteiger charge is 2.30. The van der Waals surface area contributed by atoms with Gasteiger partial charge < -0.3 is 47.9 Å². The summed E-state index contributed by atoms with van der Waals surface area (Å²) in [6, 6.07) is 32.3. The molecule has 9 heterocycles. The van der Waals surface area contributed by atoms with Gasteiger partial charge in [-0.15, -0.1) is 0 Å². The quantitative estimate of drug-likeness (QED) is 0.0593. The lowest BCUT2D eigenvalue weighted by Crippen LogP contribution is -2.49. The number of hydrogen-bond acceptors (Lipinski definition) is 17. The molecule has 12 rings (SSSR count). The van der Waals surface area contributed by atoms with Crippen molar-refractivity contribution >= 4 is 35.4 Å². The Kier molecular flexibility index (Phi) is 25.9. The van der Waals surface area contributed by atoms with E-state index in [0.717, 1.165) is 179 Å². The topological polar surface area (TPSA) is 300 Å². The molecular weight excluding hydrogens is 1220 g/mol. The zero-order chi connectivity index (χ0) is 68.2. The number of hydrogen-bond donors (Lipinski definition) is 6. The van der Waals surface area contributed by atoms with Gasteiger partial charge in [-0.3, -0.25) is 48.5 Å². The van der Waals surface area contributed by atoms with E-state index in [1.54, 1.807) is 45.2 Å². The highest BCUT2D eigenvalue weighted by atomic mass is 16.2. The minimum atomic E-state index is -0.234. The number of nitrogens with two attached hydrogens (primary N) is 3. The standard InChI is InChI=1S/C26H35N5O2.C25H34N6O2.C23H30N6O2/c1-19(32)31-12-7-20(8-13-31)14-25-15-22(6-10-28-25)26(33)29-16-24(27)18-30-11-9-21-4-2-3-5-23(21)17-30;1-18(32)31-10-6-19(7-11-31)12-23-13-24(29-17-28-23)25(33)27-14-22(26)16-30-9-8-20-4-2-3-5-21(20)15-30;1-16(30)29-11-17(12-29)8-21-9-22(27-15-26-21)23(31)25-10-20(24)14-28-7-6-18-4-2-3-5-19(18)13-28/h2-6,10,15,20,24H,7-9,11-14,16-18,27H2,1H3,(H,29,33);2-5,13,17,19,22H,6-12,14-16,26H2,1H3,(H,27,33);2-5,9,15,17,20H,6-8,10-14,24H2,1H3,(H,25,31). The summed E-state index contributed by atoms with van der Waals surface area (Å²) in [6.07, 6.45) is 14.0. The minimum absolute atomic E-state index is 0.101. The van der Waals surface area contributed by atoms with Crippen LogP contribution in [0.25, 0.3) is 0 Å². The molecule has 3 atom stereocenters. The lowest BCUT2D eigenvalue weighted by Gasteiger charge is -2.38. The third-order valence-electron chi connectivity index (χ3n) is 19.7. The first-order chi connectivity index (χ1) is 46.9. The summed E-state index contributed by atoms with van der Waals surface area (Å²) in [5.74, 6) is 1.17. The van der Waals surface area contributed by atoms with E-state index in [-0.39, 0.29) is 53.6 Å². The predicted octanol–water partition coefficient (Wildman–Crippen LogP) is 4.00. The Morgan fingerprint density at radius 3 is 1.15 bits per heavy atom. The number of rotatable bonds is 21. The molecular formula is C74H99N17O6. The molecule has 0 bridgehead atoms. The molecule has 6 aliphatic heterocycles. The first kappa shape index (κ1) is 71.3. The highest BCUT2D eigenvalue weighted by Crippen LogP contribution is 2.26. The van der Waals surface area contributed by atoms with Gasteiger partial charge in [0.25, 0.3) is 17.7 Å². The fourth-order valence-corrected chi connectivity index (χ4v) is 14.0. The monoisotopic (exact) mass is 1320 g/mol. The molecule has 0 radical (unpaired) electrons. The van der Waals surface area contributed by atoms with Crippen LogP contribution < -0.4 is 33.2 Å². The van der Waals surface area contributed by atoms with Crippen molar-refractivity contribution in [2.75, 3.05) is 98.2 Å². The van der Waals surface area contributed by atoms with Gasteiger partial charge in [-0.2, -0.15) is 0 Å². The molecule has 6 aliphatic rings. The predicted molar refractivity (Wildman–Crippen MR) is 372 cm³/mol. The number of carbonyl (C=O) groups is 6. The maximum atomic E-state index is 12.7. The van der Waals surface area contributed by atoms with Crippen molar-refractivity contribution in [1.82, 2.24) is 70.3 Å². The Bertz CT molecular complexity index is 3470. The summed E-state index contributed by atoms with van der Waals surface area (Å²) in [6.45, 7) is 18.7. The Balaban J connectivity index is 0.000000158. The highest BCUT2D eigenvalue weighted by molar-refractivity contribution is 5.94. The van der Waals surface area contributed by atoms with Crippen molar-refractivity contribution < 1.29 is 28.8 Å². The van der Waals surface area contributed by atoms with Crippen molar-refractivity contribution in [3.8, 4) is 0 Å². The van der Waals surface area contributed by atoms with Crippen LogP contribution >= 0.6 is 0 Å². The SMILES string of the molecule is CC(=O)N1CC(Cc2cc(C(=O)NCC(N)CN3CCc4ccccc4C3)ncn2)C1.CC(=O)N1CCC(Cc2cc(C(=O)NCC(N)CN3CCc4ccccc4C3)ccn2)CC1.CC(=O)N1CCC(Cc2cc(C(=O)NCC(N)CN3CCc4ccccc4C3)ncn2)CC1. The van der Waals surface area contributed by atoms with E-state index >= 15 is 0 Å². The van der Waals surface area contributed by atoms with E-state index in [1.807, 2.05) is 20.8 Å². The summed E-state index contributed by atoms with van der Waals surface area (Å²) in [7, 11) is 0. The lowest BCUT2D eigenvalue weighted by molar-refractivity contribution is -0.135. The zero-order valence-corrected chi connectivity index (χ0v) is 56.8. The zero-order valence-electron chi connectivity index (χ0n) is 56.8. The van der Waals surface area contributed by atoms with E-state index in [2.05, 4.69) is 128 Å². The number of amides is 6. The van der Waals surface area contributed by atoms with Crippen molar-refractivity contribution in [2.24, 2.45) is 35.0 Å². The molecule has 516 valence electrons. The molecule has 3 fully saturated rings. The lowest BCUT2D eigenvalue weighted by atomic mass is 9.91. The fraction of sp³-hybridized carbons (Fsp3) is 0.500. The average Bonchev–Trinajstić information content (AvgIpc) is 0.949. The van der Waals surface area contributed by atoms with E-state index in [4.69, 9.17) is 17.2 Å². The first-order valence-electron chi connectivity index (χ1n) is 34.8. The first-order valence-corrected chi connectivity index (χ1v) is 34.8. The van der Waals surface area contributed by atoms with Crippen LogP contribution in [0.2, 0.25) is 0 Å². The van der Waals surface area contributed by atoms with Crippen LogP contribution in [-0.2, 0) is 72.5 Å². The van der Waals surface area contributed by atoms with Crippen LogP contribution in [0, 0.1) is 17.8 Å². The van der Waals surface area contributed by atoms with Gasteiger partial charge in [0.15, 0.2) is 0 Å². The molecule has 3 aromatic heterocycles. The molecule has 23 nitrogen and oxygen atoms in total. The van der Waals surface area contributed by atoms with E-state index in [0.29, 0.717) is 54.3 Å². The molecule has 0 spiro atoms. The molecule has 6 aromatic rings. The molecule has 3 saturated heterocycles. The van der Waals surface area contributed by atoms with Crippen LogP contribution in [0.1, 0.15) is 128 Å². The molecule has 97 heavy (non-hydrogen) atoms. The summed E-state index contributed by atoms with van der Waals surface area (Å²) in [4.78, 5) is 106. The van der Waals surface area contributed by atoms with E-state index in [9.17, 15) is 28.8 Å². The van der Waals surface area contributed by atoms with Gasteiger partial charge in [-0.1, -0.05) is 72.8 Å². The number of piperidine rings is 2. The maximum absolute atomic E-state index is 12.7. The van der Waals surface area contributed by atoms with Gasteiger partial charge in [0.1, 0.15) is 24.0 Å². The number of pyridine rings is 1. The molecule has 9 N–H and O–H groups in total. The summed E-state index contributed by atoms with van der Waals surface area (Å²) >= 11 is 0. The van der Waals surface area contributed by atoms with Crippen molar-refractivity contribution in [3.63, 3.8) is 0 Å². The maximum Gasteiger partial charge on any atom is 0.270 e. The Morgan fingerprint density at radius 1 is 0.423 bits per heavy atom. The van der Waals surface area contributed by atoms with Crippen LogP contribution in [0.3, 0.4) is 0 Å². The van der Waals surface area contributed by atoms with Crippen LogP contribution in [0.4, 0.5) is 0 Å². The number of aromatic nitrogens is 5. The van der Waals surface area contributed by atoms with Gasteiger partial charge in [0.2, 0.25) is 17.7 Å². The molecule has 3 aromatic carbocycles. The van der Waals surface area contributed by atoms with Crippen LogP contribution in [0.5, 0.6) is 0 Å². The Morgan fingerprint density at radius 2 is 0.773 bits per heavy atom. The van der Waals surface area contributed by atoms with E-state index < -0.39 is 0 Å². The summed E-state index contributed by atoms with van der Waals surface area (Å²) in [5.41, 5.74) is 31.3. The minimum Gasteiger partial charge on any atom is -0.350 e. The fourth-order valence-electron chi connectivity index (χ4n) is 14.0. The second kappa shape index (κ2) is 35.2. The Hall–Kier alpha value is -8.45.